The van der Waals surface area contributed by atoms with Crippen LogP contribution in [0.3, 0.4) is 0 Å². The number of carbonyl (C=O) groups excluding carboxylic acids is 1. The number of benzene rings is 2. The van der Waals surface area contributed by atoms with Crippen molar-refractivity contribution in [2.75, 3.05) is 11.1 Å². The fraction of sp³-hybridized carbons (Fsp3) is 0.0714. The van der Waals surface area contributed by atoms with E-state index >= 15 is 0 Å². The summed E-state index contributed by atoms with van der Waals surface area (Å²) in [6, 6.07) is 9.17. The highest BCUT2D eigenvalue weighted by Gasteiger charge is 2.12. The molecule has 0 aliphatic heterocycles. The van der Waals surface area contributed by atoms with Crippen LogP contribution in [0.2, 0.25) is 0 Å². The molecule has 0 bridgehead atoms. The van der Waals surface area contributed by atoms with Crippen LogP contribution in [0, 0.1) is 12.7 Å². The third kappa shape index (κ3) is 3.12. The Labute approximate surface area is 118 Å². The van der Waals surface area contributed by atoms with Crippen molar-refractivity contribution in [2.45, 2.75) is 6.92 Å². The summed E-state index contributed by atoms with van der Waals surface area (Å²) in [6.45, 7) is 1.76. The number of halogens is 2. The van der Waals surface area contributed by atoms with Crippen molar-refractivity contribution in [3.8, 4) is 0 Å². The van der Waals surface area contributed by atoms with E-state index in [9.17, 15) is 9.18 Å². The molecule has 0 aliphatic rings. The van der Waals surface area contributed by atoms with Gasteiger partial charge in [-0.05, 0) is 58.7 Å². The number of hydrogen-bond acceptors (Lipinski definition) is 2. The Morgan fingerprint density at radius 3 is 2.68 bits per heavy atom. The summed E-state index contributed by atoms with van der Waals surface area (Å²) in [6.07, 6.45) is 0. The second-order valence-electron chi connectivity index (χ2n) is 4.15. The van der Waals surface area contributed by atoms with Crippen LogP contribution in [0.25, 0.3) is 0 Å². The molecule has 1 amide bonds. The summed E-state index contributed by atoms with van der Waals surface area (Å²) >= 11 is 3.31. The van der Waals surface area contributed by atoms with E-state index in [0.29, 0.717) is 27.0 Å². The quantitative estimate of drug-likeness (QED) is 0.828. The molecule has 98 valence electrons. The molecule has 0 saturated heterocycles. The largest absolute Gasteiger partial charge is 0.399 e. The van der Waals surface area contributed by atoms with Gasteiger partial charge in [0.15, 0.2) is 0 Å². The molecule has 0 atom stereocenters. The van der Waals surface area contributed by atoms with Crippen molar-refractivity contribution < 1.29 is 9.18 Å². The first-order chi connectivity index (χ1) is 8.97. The molecule has 0 radical (unpaired) electrons. The van der Waals surface area contributed by atoms with Gasteiger partial charge >= 0.3 is 0 Å². The third-order valence-electron chi connectivity index (χ3n) is 2.69. The third-order valence-corrected chi connectivity index (χ3v) is 3.34. The molecule has 0 saturated carbocycles. The lowest BCUT2D eigenvalue weighted by atomic mass is 10.1. The number of nitrogen functional groups attached to an aromatic ring is 1. The topological polar surface area (TPSA) is 55.1 Å². The second-order valence-corrected chi connectivity index (χ2v) is 5.01. The minimum absolute atomic E-state index is 0.309. The second kappa shape index (κ2) is 5.40. The Kier molecular flexibility index (Phi) is 3.85. The lowest BCUT2D eigenvalue weighted by Gasteiger charge is -2.10. The molecule has 0 aromatic heterocycles. The first-order valence-corrected chi connectivity index (χ1v) is 6.39. The molecule has 0 spiro atoms. The highest BCUT2D eigenvalue weighted by molar-refractivity contribution is 9.10. The average molecular weight is 323 g/mol. The molecule has 2 aromatic carbocycles. The van der Waals surface area contributed by atoms with E-state index in [1.165, 1.54) is 12.1 Å². The first kappa shape index (κ1) is 13.5. The van der Waals surface area contributed by atoms with Gasteiger partial charge in [0.1, 0.15) is 5.82 Å². The van der Waals surface area contributed by atoms with Gasteiger partial charge in [0, 0.05) is 15.7 Å². The zero-order valence-electron chi connectivity index (χ0n) is 10.2. The van der Waals surface area contributed by atoms with Crippen molar-refractivity contribution in [2.24, 2.45) is 0 Å². The molecule has 0 heterocycles. The van der Waals surface area contributed by atoms with Crippen LogP contribution in [0.15, 0.2) is 40.9 Å². The predicted octanol–water partition coefficient (Wildman–Crippen LogP) is 3.73. The number of anilines is 2. The fourth-order valence-corrected chi connectivity index (χ4v) is 2.16. The molecule has 0 aliphatic carbocycles. The summed E-state index contributed by atoms with van der Waals surface area (Å²) in [7, 11) is 0. The van der Waals surface area contributed by atoms with Gasteiger partial charge < -0.3 is 11.1 Å². The lowest BCUT2D eigenvalue weighted by molar-refractivity contribution is 0.102. The van der Waals surface area contributed by atoms with Crippen molar-refractivity contribution in [3.63, 3.8) is 0 Å². The Morgan fingerprint density at radius 2 is 2.00 bits per heavy atom. The van der Waals surface area contributed by atoms with Gasteiger partial charge in [-0.1, -0.05) is 6.07 Å². The molecule has 2 rings (SSSR count). The van der Waals surface area contributed by atoms with Crippen molar-refractivity contribution in [1.29, 1.82) is 0 Å². The number of hydrogen-bond donors (Lipinski definition) is 2. The highest BCUT2D eigenvalue weighted by Crippen LogP contribution is 2.25. The summed E-state index contributed by atoms with van der Waals surface area (Å²) in [5.74, 6) is -0.797. The zero-order chi connectivity index (χ0) is 14.0. The van der Waals surface area contributed by atoms with Crippen LogP contribution in [0.1, 0.15) is 15.9 Å². The highest BCUT2D eigenvalue weighted by atomic mass is 79.9. The van der Waals surface area contributed by atoms with Crippen molar-refractivity contribution in [1.82, 2.24) is 0 Å². The maximum absolute atomic E-state index is 13.2. The number of amides is 1. The minimum atomic E-state index is -0.438. The summed E-state index contributed by atoms with van der Waals surface area (Å²) in [5, 5.41) is 2.71. The Morgan fingerprint density at radius 1 is 1.26 bits per heavy atom. The number of nitrogens with one attached hydrogen (secondary N) is 1. The summed E-state index contributed by atoms with van der Waals surface area (Å²) in [4.78, 5) is 12.1. The van der Waals surface area contributed by atoms with Gasteiger partial charge in [0.05, 0.1) is 5.69 Å². The maximum atomic E-state index is 13.2. The van der Waals surface area contributed by atoms with E-state index in [2.05, 4.69) is 21.2 Å². The molecule has 0 unspecified atom stereocenters. The zero-order valence-corrected chi connectivity index (χ0v) is 11.8. The summed E-state index contributed by atoms with van der Waals surface area (Å²) in [5.41, 5.74) is 7.82. The molecule has 19 heavy (non-hydrogen) atoms. The molecular formula is C14H12BrFN2O. The van der Waals surface area contributed by atoms with Gasteiger partial charge in [-0.2, -0.15) is 0 Å². The van der Waals surface area contributed by atoms with E-state index in [-0.39, 0.29) is 5.91 Å². The van der Waals surface area contributed by atoms with Gasteiger partial charge in [-0.25, -0.2) is 4.39 Å². The summed E-state index contributed by atoms with van der Waals surface area (Å²) < 4.78 is 13.8. The van der Waals surface area contributed by atoms with E-state index in [4.69, 9.17) is 5.73 Å². The number of nitrogens with two attached hydrogens (primary N) is 1. The first-order valence-electron chi connectivity index (χ1n) is 5.60. The van der Waals surface area contributed by atoms with Crippen LogP contribution in [0.5, 0.6) is 0 Å². The van der Waals surface area contributed by atoms with E-state index in [1.807, 2.05) is 0 Å². The minimum Gasteiger partial charge on any atom is -0.399 e. The maximum Gasteiger partial charge on any atom is 0.256 e. The van der Waals surface area contributed by atoms with Crippen LogP contribution in [0.4, 0.5) is 15.8 Å². The number of aryl methyl sites for hydroxylation is 1. The fourth-order valence-electron chi connectivity index (χ4n) is 1.66. The Balaban J connectivity index is 2.28. The van der Waals surface area contributed by atoms with E-state index < -0.39 is 5.82 Å². The van der Waals surface area contributed by atoms with Gasteiger partial charge in [-0.15, -0.1) is 0 Å². The molecule has 0 fully saturated rings. The lowest BCUT2D eigenvalue weighted by Crippen LogP contribution is -2.14. The van der Waals surface area contributed by atoms with E-state index in [1.54, 1.807) is 31.2 Å². The average Bonchev–Trinajstić information content (AvgIpc) is 2.35. The molecular weight excluding hydrogens is 311 g/mol. The number of carbonyl (C=O) groups is 1. The molecule has 3 nitrogen and oxygen atoms in total. The van der Waals surface area contributed by atoms with Crippen LogP contribution < -0.4 is 11.1 Å². The van der Waals surface area contributed by atoms with E-state index in [0.717, 1.165) is 0 Å². The van der Waals surface area contributed by atoms with Crippen molar-refractivity contribution >= 4 is 33.2 Å². The Hall–Kier alpha value is -1.88. The SMILES string of the molecule is Cc1ccc(F)cc1C(=O)Nc1ccc(N)cc1Br. The normalized spacial score (nSPS) is 10.3. The number of rotatable bonds is 2. The monoisotopic (exact) mass is 322 g/mol. The van der Waals surface area contributed by atoms with Gasteiger partial charge in [-0.3, -0.25) is 4.79 Å². The molecule has 3 N–H and O–H groups in total. The molecule has 2 aromatic rings. The van der Waals surface area contributed by atoms with Crippen LogP contribution in [-0.2, 0) is 0 Å². The van der Waals surface area contributed by atoms with Crippen LogP contribution in [-0.4, -0.2) is 5.91 Å². The van der Waals surface area contributed by atoms with Crippen LogP contribution >= 0.6 is 15.9 Å². The van der Waals surface area contributed by atoms with Gasteiger partial charge in [0.25, 0.3) is 5.91 Å². The smallest absolute Gasteiger partial charge is 0.256 e. The standard InChI is InChI=1S/C14H12BrFN2O/c1-8-2-3-9(16)6-11(8)14(19)18-13-5-4-10(17)7-12(13)15/h2-7H,17H2,1H3,(H,18,19). The van der Waals surface area contributed by atoms with Gasteiger partial charge in [0.2, 0.25) is 0 Å². The Bertz CT molecular complexity index is 643. The van der Waals surface area contributed by atoms with Crippen molar-refractivity contribution in [3.05, 3.63) is 57.8 Å². The predicted molar refractivity (Wildman–Crippen MR) is 77.6 cm³/mol. The molecule has 5 heteroatoms.